The monoisotopic (exact) mass is 276 g/mol. The topological polar surface area (TPSA) is 38.5 Å². The molecule has 1 fully saturated rings. The molecular formula is C17H28N2O. The van der Waals surface area contributed by atoms with Crippen LogP contribution in [0.5, 0.6) is 5.75 Å². The standard InChI is InChI=1S/C17H28N2O/c1-13-10-14(2)12-17(11-13)20-9-8-19(3)16-6-4-15(18)5-7-16/h10-12,15-16H,4-9,18H2,1-3H3. The van der Waals surface area contributed by atoms with Gasteiger partial charge in [0.25, 0.3) is 0 Å². The summed E-state index contributed by atoms with van der Waals surface area (Å²) in [6.07, 6.45) is 4.77. The van der Waals surface area contributed by atoms with Gasteiger partial charge in [-0.3, -0.25) is 0 Å². The lowest BCUT2D eigenvalue weighted by atomic mass is 9.91. The zero-order valence-electron chi connectivity index (χ0n) is 13.1. The Labute approximate surface area is 123 Å². The minimum absolute atomic E-state index is 0.422. The van der Waals surface area contributed by atoms with E-state index in [9.17, 15) is 0 Å². The van der Waals surface area contributed by atoms with Gasteiger partial charge in [-0.1, -0.05) is 6.07 Å². The van der Waals surface area contributed by atoms with Gasteiger partial charge in [0.1, 0.15) is 12.4 Å². The van der Waals surface area contributed by atoms with Gasteiger partial charge >= 0.3 is 0 Å². The van der Waals surface area contributed by atoms with Crippen LogP contribution in [0.15, 0.2) is 18.2 Å². The summed E-state index contributed by atoms with van der Waals surface area (Å²) in [5.74, 6) is 0.988. The van der Waals surface area contributed by atoms with Crippen molar-refractivity contribution < 1.29 is 4.74 Å². The number of hydrogen-bond donors (Lipinski definition) is 1. The summed E-state index contributed by atoms with van der Waals surface area (Å²) < 4.78 is 5.88. The second-order valence-electron chi connectivity index (χ2n) is 6.22. The summed E-state index contributed by atoms with van der Waals surface area (Å²) in [6.45, 7) is 5.95. The third-order valence-corrected chi connectivity index (χ3v) is 4.27. The van der Waals surface area contributed by atoms with Crippen LogP contribution < -0.4 is 10.5 Å². The number of hydrogen-bond acceptors (Lipinski definition) is 3. The Balaban J connectivity index is 1.75. The van der Waals surface area contributed by atoms with Crippen molar-refractivity contribution in [2.45, 2.75) is 51.6 Å². The van der Waals surface area contributed by atoms with Gasteiger partial charge in [-0.2, -0.15) is 0 Å². The van der Waals surface area contributed by atoms with Crippen molar-refractivity contribution in [2.24, 2.45) is 5.73 Å². The molecule has 2 rings (SSSR count). The number of likely N-dealkylation sites (N-methyl/N-ethyl adjacent to an activating group) is 1. The fourth-order valence-corrected chi connectivity index (χ4v) is 3.05. The van der Waals surface area contributed by atoms with E-state index in [1.165, 1.54) is 24.0 Å². The lowest BCUT2D eigenvalue weighted by Crippen LogP contribution is -2.40. The van der Waals surface area contributed by atoms with E-state index in [2.05, 4.69) is 44.0 Å². The van der Waals surface area contributed by atoms with E-state index < -0.39 is 0 Å². The van der Waals surface area contributed by atoms with Gasteiger partial charge in [0.05, 0.1) is 0 Å². The average Bonchev–Trinajstić information content (AvgIpc) is 2.38. The van der Waals surface area contributed by atoms with E-state index in [-0.39, 0.29) is 0 Å². The molecule has 0 saturated heterocycles. The van der Waals surface area contributed by atoms with Gasteiger partial charge in [-0.15, -0.1) is 0 Å². The number of rotatable bonds is 5. The van der Waals surface area contributed by atoms with Crippen molar-refractivity contribution in [3.8, 4) is 5.75 Å². The lowest BCUT2D eigenvalue weighted by molar-refractivity contribution is 0.154. The van der Waals surface area contributed by atoms with E-state index in [1.54, 1.807) is 0 Å². The van der Waals surface area contributed by atoms with Gasteiger partial charge in [-0.05, 0) is 69.8 Å². The molecule has 0 atom stereocenters. The van der Waals surface area contributed by atoms with Crippen LogP contribution in [0.2, 0.25) is 0 Å². The summed E-state index contributed by atoms with van der Waals surface area (Å²) in [5, 5.41) is 0. The quantitative estimate of drug-likeness (QED) is 0.898. The zero-order chi connectivity index (χ0) is 14.5. The molecule has 1 aromatic carbocycles. The molecule has 0 aliphatic heterocycles. The van der Waals surface area contributed by atoms with Crippen LogP contribution in [0.25, 0.3) is 0 Å². The maximum Gasteiger partial charge on any atom is 0.119 e. The van der Waals surface area contributed by atoms with E-state index >= 15 is 0 Å². The number of aryl methyl sites for hydroxylation is 2. The van der Waals surface area contributed by atoms with Crippen LogP contribution in [0, 0.1) is 13.8 Å². The molecule has 0 bridgehead atoms. The van der Waals surface area contributed by atoms with Crippen LogP contribution in [-0.4, -0.2) is 37.2 Å². The lowest BCUT2D eigenvalue weighted by Gasteiger charge is -2.33. The first kappa shape index (κ1) is 15.3. The fourth-order valence-electron chi connectivity index (χ4n) is 3.05. The number of nitrogens with two attached hydrogens (primary N) is 1. The molecule has 0 aromatic heterocycles. The molecule has 1 aliphatic carbocycles. The van der Waals surface area contributed by atoms with Crippen molar-refractivity contribution in [1.82, 2.24) is 4.90 Å². The zero-order valence-corrected chi connectivity index (χ0v) is 13.1. The molecule has 1 saturated carbocycles. The van der Waals surface area contributed by atoms with Crippen LogP contribution in [0.4, 0.5) is 0 Å². The maximum absolute atomic E-state index is 5.96. The molecule has 3 nitrogen and oxygen atoms in total. The third-order valence-electron chi connectivity index (χ3n) is 4.27. The molecule has 1 aromatic rings. The Hall–Kier alpha value is -1.06. The highest BCUT2D eigenvalue weighted by molar-refractivity contribution is 5.32. The summed E-state index contributed by atoms with van der Waals surface area (Å²) in [7, 11) is 2.20. The number of benzene rings is 1. The van der Waals surface area contributed by atoms with Crippen molar-refractivity contribution in [3.05, 3.63) is 29.3 Å². The average molecular weight is 276 g/mol. The van der Waals surface area contributed by atoms with Gasteiger partial charge in [0, 0.05) is 18.6 Å². The van der Waals surface area contributed by atoms with Crippen LogP contribution in [0.1, 0.15) is 36.8 Å². The molecule has 0 radical (unpaired) electrons. The second-order valence-corrected chi connectivity index (χ2v) is 6.22. The molecular weight excluding hydrogens is 248 g/mol. The maximum atomic E-state index is 5.96. The highest BCUT2D eigenvalue weighted by Gasteiger charge is 2.21. The minimum Gasteiger partial charge on any atom is -0.492 e. The van der Waals surface area contributed by atoms with E-state index in [0.717, 1.165) is 31.7 Å². The molecule has 0 unspecified atom stereocenters. The first-order valence-electron chi connectivity index (χ1n) is 7.71. The molecule has 2 N–H and O–H groups in total. The molecule has 1 aliphatic rings. The highest BCUT2D eigenvalue weighted by Crippen LogP contribution is 2.21. The molecule has 0 amide bonds. The Bertz CT molecular complexity index is 405. The number of ether oxygens (including phenoxy) is 1. The summed E-state index contributed by atoms with van der Waals surface area (Å²) >= 11 is 0. The second kappa shape index (κ2) is 7.09. The summed E-state index contributed by atoms with van der Waals surface area (Å²) in [4.78, 5) is 2.43. The molecule has 0 heterocycles. The van der Waals surface area contributed by atoms with Crippen molar-refractivity contribution in [1.29, 1.82) is 0 Å². The Morgan fingerprint density at radius 3 is 2.30 bits per heavy atom. The molecule has 3 heteroatoms. The largest absolute Gasteiger partial charge is 0.492 e. The normalized spacial score (nSPS) is 23.1. The third kappa shape index (κ3) is 4.50. The van der Waals surface area contributed by atoms with E-state index in [4.69, 9.17) is 10.5 Å². The summed E-state index contributed by atoms with van der Waals surface area (Å²) in [6, 6.07) is 7.48. The van der Waals surface area contributed by atoms with Crippen molar-refractivity contribution in [2.75, 3.05) is 20.2 Å². The summed E-state index contributed by atoms with van der Waals surface area (Å²) in [5.41, 5.74) is 8.48. The first-order valence-corrected chi connectivity index (χ1v) is 7.71. The minimum atomic E-state index is 0.422. The van der Waals surface area contributed by atoms with Crippen LogP contribution in [-0.2, 0) is 0 Å². The van der Waals surface area contributed by atoms with Gasteiger partial charge in [0.2, 0.25) is 0 Å². The van der Waals surface area contributed by atoms with E-state index in [1.807, 2.05) is 0 Å². The predicted molar refractivity (Wildman–Crippen MR) is 84.3 cm³/mol. The number of nitrogens with zero attached hydrogens (tertiary/aromatic N) is 1. The smallest absolute Gasteiger partial charge is 0.119 e. The van der Waals surface area contributed by atoms with Crippen LogP contribution in [0.3, 0.4) is 0 Å². The van der Waals surface area contributed by atoms with Crippen LogP contribution >= 0.6 is 0 Å². The molecule has 20 heavy (non-hydrogen) atoms. The van der Waals surface area contributed by atoms with E-state index in [0.29, 0.717) is 12.1 Å². The first-order chi connectivity index (χ1) is 9.54. The predicted octanol–water partition coefficient (Wildman–Crippen LogP) is 2.88. The van der Waals surface area contributed by atoms with Crippen molar-refractivity contribution >= 4 is 0 Å². The molecule has 112 valence electrons. The highest BCUT2D eigenvalue weighted by atomic mass is 16.5. The van der Waals surface area contributed by atoms with Gasteiger partial charge in [0.15, 0.2) is 0 Å². The Morgan fingerprint density at radius 2 is 1.70 bits per heavy atom. The fraction of sp³-hybridized carbons (Fsp3) is 0.647. The van der Waals surface area contributed by atoms with Gasteiger partial charge in [-0.25, -0.2) is 0 Å². The van der Waals surface area contributed by atoms with Gasteiger partial charge < -0.3 is 15.4 Å². The Kier molecular flexibility index (Phi) is 5.44. The Morgan fingerprint density at radius 1 is 1.10 bits per heavy atom. The van der Waals surface area contributed by atoms with Crippen molar-refractivity contribution in [3.63, 3.8) is 0 Å². The SMILES string of the molecule is Cc1cc(C)cc(OCCN(C)C2CCC(N)CC2)c1. The molecule has 0 spiro atoms.